The van der Waals surface area contributed by atoms with Gasteiger partial charge in [-0.2, -0.15) is 0 Å². The summed E-state index contributed by atoms with van der Waals surface area (Å²) in [5, 5.41) is 2.97. The van der Waals surface area contributed by atoms with Crippen LogP contribution in [0.1, 0.15) is 30.6 Å². The van der Waals surface area contributed by atoms with Crippen LogP contribution in [0.2, 0.25) is 0 Å². The van der Waals surface area contributed by atoms with Crippen molar-refractivity contribution in [3.8, 4) is 34.3 Å². The number of carbonyl (C=O) groups excluding carboxylic acids is 1. The van der Waals surface area contributed by atoms with Crippen LogP contribution in [0.15, 0.2) is 53.1 Å². The molecule has 0 aliphatic heterocycles. The third-order valence-electron chi connectivity index (χ3n) is 4.59. The summed E-state index contributed by atoms with van der Waals surface area (Å²) in [6, 6.07) is 12.8. The number of ether oxygens (including phenoxy) is 2. The molecular formula is C23H26N2O4. The zero-order chi connectivity index (χ0) is 20.8. The van der Waals surface area contributed by atoms with Gasteiger partial charge in [-0.15, -0.1) is 0 Å². The van der Waals surface area contributed by atoms with Crippen molar-refractivity contribution in [2.24, 2.45) is 5.92 Å². The number of hydrogen-bond donors (Lipinski definition) is 1. The number of amides is 1. The van der Waals surface area contributed by atoms with Gasteiger partial charge in [-0.25, -0.2) is 4.98 Å². The average molecular weight is 394 g/mol. The molecule has 0 saturated carbocycles. The Morgan fingerprint density at radius 2 is 1.90 bits per heavy atom. The minimum Gasteiger partial charge on any atom is -0.497 e. The third kappa shape index (κ3) is 4.77. The first kappa shape index (κ1) is 20.5. The van der Waals surface area contributed by atoms with Gasteiger partial charge in [-0.3, -0.25) is 4.79 Å². The molecule has 1 amide bonds. The van der Waals surface area contributed by atoms with Crippen LogP contribution < -0.4 is 14.8 Å². The molecule has 1 aromatic heterocycles. The van der Waals surface area contributed by atoms with E-state index in [2.05, 4.69) is 24.1 Å². The van der Waals surface area contributed by atoms with Crippen molar-refractivity contribution in [1.82, 2.24) is 10.3 Å². The van der Waals surface area contributed by atoms with Gasteiger partial charge in [0.25, 0.3) is 5.91 Å². The number of nitrogens with zero attached hydrogens (tertiary/aromatic N) is 1. The highest BCUT2D eigenvalue weighted by atomic mass is 16.5. The Balaban J connectivity index is 1.89. The number of hydrogen-bond acceptors (Lipinski definition) is 5. The number of methoxy groups -OCH3 is 2. The van der Waals surface area contributed by atoms with Crippen LogP contribution in [-0.2, 0) is 0 Å². The predicted octanol–water partition coefficient (Wildman–Crippen LogP) is 4.80. The van der Waals surface area contributed by atoms with Gasteiger partial charge in [-0.05, 0) is 36.6 Å². The molecular weight excluding hydrogens is 368 g/mol. The highest BCUT2D eigenvalue weighted by molar-refractivity contribution is 6.00. The van der Waals surface area contributed by atoms with Crippen molar-refractivity contribution in [1.29, 1.82) is 0 Å². The van der Waals surface area contributed by atoms with E-state index >= 15 is 0 Å². The Hall–Kier alpha value is -3.28. The van der Waals surface area contributed by atoms with Crippen molar-refractivity contribution < 1.29 is 18.7 Å². The zero-order valence-electron chi connectivity index (χ0n) is 17.2. The summed E-state index contributed by atoms with van der Waals surface area (Å²) in [6.07, 6.45) is 2.56. The lowest BCUT2D eigenvalue weighted by atomic mass is 10.1. The van der Waals surface area contributed by atoms with Crippen LogP contribution in [0.3, 0.4) is 0 Å². The zero-order valence-corrected chi connectivity index (χ0v) is 17.2. The van der Waals surface area contributed by atoms with Crippen molar-refractivity contribution in [2.45, 2.75) is 20.3 Å². The van der Waals surface area contributed by atoms with Crippen molar-refractivity contribution in [3.05, 3.63) is 54.2 Å². The maximum atomic E-state index is 12.7. The van der Waals surface area contributed by atoms with E-state index in [4.69, 9.17) is 13.9 Å². The Labute approximate surface area is 170 Å². The summed E-state index contributed by atoms with van der Waals surface area (Å²) in [6.45, 7) is 4.88. The predicted molar refractivity (Wildman–Crippen MR) is 112 cm³/mol. The van der Waals surface area contributed by atoms with E-state index in [-0.39, 0.29) is 5.91 Å². The minimum atomic E-state index is -0.136. The highest BCUT2D eigenvalue weighted by Crippen LogP contribution is 2.35. The minimum absolute atomic E-state index is 0.136. The quantitative estimate of drug-likeness (QED) is 0.594. The van der Waals surface area contributed by atoms with E-state index in [1.54, 1.807) is 32.5 Å². The molecule has 152 valence electrons. The van der Waals surface area contributed by atoms with Crippen molar-refractivity contribution >= 4 is 5.91 Å². The van der Waals surface area contributed by atoms with Crippen LogP contribution in [0.4, 0.5) is 0 Å². The fraction of sp³-hybridized carbons (Fsp3) is 0.304. The van der Waals surface area contributed by atoms with Gasteiger partial charge >= 0.3 is 0 Å². The van der Waals surface area contributed by atoms with Gasteiger partial charge in [0.15, 0.2) is 5.76 Å². The second-order valence-corrected chi connectivity index (χ2v) is 7.08. The molecule has 0 radical (unpaired) electrons. The third-order valence-corrected chi connectivity index (χ3v) is 4.59. The molecule has 6 heteroatoms. The molecule has 3 aromatic rings. The number of rotatable bonds is 8. The number of nitrogens with one attached hydrogen (secondary N) is 1. The molecule has 1 N–H and O–H groups in total. The van der Waals surface area contributed by atoms with Gasteiger partial charge in [0.1, 0.15) is 11.5 Å². The lowest BCUT2D eigenvalue weighted by molar-refractivity contribution is 0.0952. The van der Waals surface area contributed by atoms with Gasteiger partial charge < -0.3 is 19.2 Å². The average Bonchev–Trinajstić information content (AvgIpc) is 3.22. The summed E-state index contributed by atoms with van der Waals surface area (Å²) >= 11 is 0. The van der Waals surface area contributed by atoms with Crippen molar-refractivity contribution in [3.63, 3.8) is 0 Å². The van der Waals surface area contributed by atoms with Crippen LogP contribution in [-0.4, -0.2) is 31.7 Å². The van der Waals surface area contributed by atoms with Crippen LogP contribution in [0.5, 0.6) is 11.5 Å². The van der Waals surface area contributed by atoms with Gasteiger partial charge in [0, 0.05) is 18.2 Å². The standard InChI is InChI=1S/C23H26N2O4/c1-15(2)11-12-24-22(26)17-7-5-6-8-18(17)23-25-14-21(29-23)19-10-9-16(27-3)13-20(19)28-4/h5-10,13-15H,11-12H2,1-4H3,(H,24,26). The number of benzene rings is 2. The van der Waals surface area contributed by atoms with Crippen LogP contribution in [0.25, 0.3) is 22.8 Å². The second kappa shape index (κ2) is 9.28. The molecule has 2 aromatic carbocycles. The molecule has 0 bridgehead atoms. The topological polar surface area (TPSA) is 73.6 Å². The molecule has 1 heterocycles. The smallest absolute Gasteiger partial charge is 0.252 e. The molecule has 0 aliphatic rings. The summed E-state index contributed by atoms with van der Waals surface area (Å²) in [5.74, 6) is 2.63. The Morgan fingerprint density at radius 3 is 2.62 bits per heavy atom. The van der Waals surface area contributed by atoms with E-state index in [1.165, 1.54) is 0 Å². The Kier molecular flexibility index (Phi) is 6.54. The van der Waals surface area contributed by atoms with E-state index in [9.17, 15) is 4.79 Å². The first-order chi connectivity index (χ1) is 14.0. The molecule has 0 aliphatic carbocycles. The maximum Gasteiger partial charge on any atom is 0.252 e. The summed E-state index contributed by atoms with van der Waals surface area (Å²) in [7, 11) is 3.19. The summed E-state index contributed by atoms with van der Waals surface area (Å²) in [5.41, 5.74) is 1.94. The first-order valence-electron chi connectivity index (χ1n) is 9.59. The largest absolute Gasteiger partial charge is 0.497 e. The van der Waals surface area contributed by atoms with Gasteiger partial charge in [-0.1, -0.05) is 26.0 Å². The molecule has 0 fully saturated rings. The second-order valence-electron chi connectivity index (χ2n) is 7.08. The number of oxazole rings is 1. The van der Waals surface area contributed by atoms with E-state index in [0.717, 1.165) is 12.0 Å². The lowest BCUT2D eigenvalue weighted by Gasteiger charge is -2.10. The Bertz CT molecular complexity index is 979. The number of aromatic nitrogens is 1. The Morgan fingerprint density at radius 1 is 1.10 bits per heavy atom. The number of carbonyl (C=O) groups is 1. The normalized spacial score (nSPS) is 10.8. The molecule has 3 rings (SSSR count). The van der Waals surface area contributed by atoms with Crippen molar-refractivity contribution in [2.75, 3.05) is 20.8 Å². The highest BCUT2D eigenvalue weighted by Gasteiger charge is 2.18. The molecule has 0 spiro atoms. The van der Waals surface area contributed by atoms with Crippen LogP contribution in [0, 0.1) is 5.92 Å². The fourth-order valence-corrected chi connectivity index (χ4v) is 2.96. The lowest BCUT2D eigenvalue weighted by Crippen LogP contribution is -2.25. The molecule has 0 unspecified atom stereocenters. The molecule has 0 atom stereocenters. The van der Waals surface area contributed by atoms with E-state index < -0.39 is 0 Å². The summed E-state index contributed by atoms with van der Waals surface area (Å²) in [4.78, 5) is 17.1. The van der Waals surface area contributed by atoms with Crippen LogP contribution >= 0.6 is 0 Å². The first-order valence-corrected chi connectivity index (χ1v) is 9.59. The summed E-state index contributed by atoms with van der Waals surface area (Å²) < 4.78 is 16.7. The van der Waals surface area contributed by atoms with Gasteiger partial charge in [0.05, 0.1) is 31.5 Å². The van der Waals surface area contributed by atoms with E-state index in [1.807, 2.05) is 30.3 Å². The maximum absolute atomic E-state index is 12.7. The fourth-order valence-electron chi connectivity index (χ4n) is 2.96. The van der Waals surface area contributed by atoms with Gasteiger partial charge in [0.2, 0.25) is 5.89 Å². The molecule has 29 heavy (non-hydrogen) atoms. The molecule has 6 nitrogen and oxygen atoms in total. The SMILES string of the molecule is COc1ccc(-c2cnc(-c3ccccc3C(=O)NCCC(C)C)o2)c(OC)c1. The molecule has 0 saturated heterocycles. The monoisotopic (exact) mass is 394 g/mol. The van der Waals surface area contributed by atoms with E-state index in [0.29, 0.717) is 46.7 Å².